The summed E-state index contributed by atoms with van der Waals surface area (Å²) in [5.74, 6) is -0.522. The first kappa shape index (κ1) is 10.9. The maximum atomic E-state index is 10.5. The minimum absolute atomic E-state index is 0.284. The molecule has 0 amide bonds. The number of aliphatic carboxylic acids is 1. The highest BCUT2D eigenvalue weighted by molar-refractivity contribution is 5.77. The van der Waals surface area contributed by atoms with Gasteiger partial charge < -0.3 is 10.8 Å². The van der Waals surface area contributed by atoms with Crippen LogP contribution in [0.2, 0.25) is 0 Å². The van der Waals surface area contributed by atoms with E-state index in [4.69, 9.17) is 10.8 Å². The molecule has 0 saturated carbocycles. The number of nitrogens with zero attached hydrogens (tertiary/aromatic N) is 1. The standard InChI is InChI=1S/C8H16N2O2/c1-3-7(8(11)12)4-5-10-6(2)9/h7H,3-5H2,1-2H3,(H2,9,10)(H,11,12). The van der Waals surface area contributed by atoms with E-state index in [0.717, 1.165) is 0 Å². The van der Waals surface area contributed by atoms with Crippen LogP contribution in [0.1, 0.15) is 26.7 Å². The van der Waals surface area contributed by atoms with Gasteiger partial charge in [-0.2, -0.15) is 0 Å². The third-order valence-electron chi connectivity index (χ3n) is 1.68. The zero-order chi connectivity index (χ0) is 9.56. The Hall–Kier alpha value is -1.06. The van der Waals surface area contributed by atoms with Gasteiger partial charge in [0, 0.05) is 6.54 Å². The normalized spacial score (nSPS) is 14.3. The second-order valence-electron chi connectivity index (χ2n) is 2.76. The average Bonchev–Trinajstić information content (AvgIpc) is 1.96. The van der Waals surface area contributed by atoms with Crippen molar-refractivity contribution in [1.29, 1.82) is 0 Å². The highest BCUT2D eigenvalue weighted by Crippen LogP contribution is 2.07. The molecule has 4 heteroatoms. The fourth-order valence-electron chi connectivity index (χ4n) is 0.899. The lowest BCUT2D eigenvalue weighted by Crippen LogP contribution is -2.14. The van der Waals surface area contributed by atoms with E-state index in [0.29, 0.717) is 25.2 Å². The Morgan fingerprint density at radius 3 is 2.58 bits per heavy atom. The first-order valence-corrected chi connectivity index (χ1v) is 4.07. The van der Waals surface area contributed by atoms with E-state index in [1.807, 2.05) is 6.92 Å². The van der Waals surface area contributed by atoms with Gasteiger partial charge in [-0.05, 0) is 19.8 Å². The molecule has 1 atom stereocenters. The minimum Gasteiger partial charge on any atom is -0.481 e. The van der Waals surface area contributed by atoms with Crippen molar-refractivity contribution < 1.29 is 9.90 Å². The van der Waals surface area contributed by atoms with E-state index in [-0.39, 0.29) is 5.92 Å². The largest absolute Gasteiger partial charge is 0.481 e. The third-order valence-corrected chi connectivity index (χ3v) is 1.68. The summed E-state index contributed by atoms with van der Waals surface area (Å²) >= 11 is 0. The van der Waals surface area contributed by atoms with Crippen molar-refractivity contribution in [2.24, 2.45) is 16.6 Å². The lowest BCUT2D eigenvalue weighted by Gasteiger charge is -2.06. The molecule has 0 fully saturated rings. The molecule has 0 aliphatic rings. The summed E-state index contributed by atoms with van der Waals surface area (Å²) in [5.41, 5.74) is 5.30. The van der Waals surface area contributed by atoms with Crippen molar-refractivity contribution >= 4 is 11.8 Å². The quantitative estimate of drug-likeness (QED) is 0.477. The van der Waals surface area contributed by atoms with Crippen molar-refractivity contribution in [3.05, 3.63) is 0 Å². The maximum Gasteiger partial charge on any atom is 0.306 e. The van der Waals surface area contributed by atoms with Gasteiger partial charge in [0.2, 0.25) is 0 Å². The predicted octanol–water partition coefficient (Wildman–Crippen LogP) is 0.864. The summed E-state index contributed by atoms with van der Waals surface area (Å²) < 4.78 is 0. The molecule has 0 radical (unpaired) electrons. The SMILES string of the molecule is CCC(CCN=C(C)N)C(=O)O. The molecular formula is C8H16N2O2. The van der Waals surface area contributed by atoms with E-state index in [1.54, 1.807) is 6.92 Å². The monoisotopic (exact) mass is 172 g/mol. The van der Waals surface area contributed by atoms with Gasteiger partial charge in [-0.1, -0.05) is 6.92 Å². The van der Waals surface area contributed by atoms with Crippen molar-refractivity contribution in [3.8, 4) is 0 Å². The molecule has 0 bridgehead atoms. The van der Waals surface area contributed by atoms with E-state index in [1.165, 1.54) is 0 Å². The van der Waals surface area contributed by atoms with Gasteiger partial charge in [-0.25, -0.2) is 0 Å². The number of aliphatic imine (C=N–C) groups is 1. The predicted molar refractivity (Wildman–Crippen MR) is 48.2 cm³/mol. The number of carbonyl (C=O) groups is 1. The fraction of sp³-hybridized carbons (Fsp3) is 0.750. The molecule has 1 unspecified atom stereocenters. The summed E-state index contributed by atoms with van der Waals surface area (Å²) in [5, 5.41) is 8.66. The molecule has 0 aliphatic carbocycles. The zero-order valence-corrected chi connectivity index (χ0v) is 7.58. The van der Waals surface area contributed by atoms with Crippen molar-refractivity contribution in [2.75, 3.05) is 6.54 Å². The molecule has 0 aromatic carbocycles. The average molecular weight is 172 g/mol. The van der Waals surface area contributed by atoms with Gasteiger partial charge in [0.25, 0.3) is 0 Å². The first-order valence-electron chi connectivity index (χ1n) is 4.07. The van der Waals surface area contributed by atoms with E-state index < -0.39 is 5.97 Å². The first-order chi connectivity index (χ1) is 5.57. The van der Waals surface area contributed by atoms with Crippen LogP contribution in [0.25, 0.3) is 0 Å². The summed E-state index contributed by atoms with van der Waals surface area (Å²) in [7, 11) is 0. The van der Waals surface area contributed by atoms with Crippen LogP contribution < -0.4 is 5.73 Å². The number of amidine groups is 1. The van der Waals surface area contributed by atoms with E-state index in [9.17, 15) is 4.79 Å². The number of nitrogens with two attached hydrogens (primary N) is 1. The van der Waals surface area contributed by atoms with Crippen molar-refractivity contribution in [2.45, 2.75) is 26.7 Å². The van der Waals surface area contributed by atoms with Gasteiger partial charge in [0.15, 0.2) is 0 Å². The van der Waals surface area contributed by atoms with Gasteiger partial charge in [0.05, 0.1) is 11.8 Å². The number of carboxylic acid groups (broad SMARTS) is 1. The zero-order valence-electron chi connectivity index (χ0n) is 7.58. The molecule has 0 aromatic heterocycles. The minimum atomic E-state index is -0.748. The summed E-state index contributed by atoms with van der Waals surface area (Å²) in [6.45, 7) is 4.06. The molecule has 4 nitrogen and oxygen atoms in total. The van der Waals surface area contributed by atoms with Crippen molar-refractivity contribution in [3.63, 3.8) is 0 Å². The van der Waals surface area contributed by atoms with Crippen LogP contribution in [0.15, 0.2) is 4.99 Å². The third kappa shape index (κ3) is 4.71. The van der Waals surface area contributed by atoms with Crippen molar-refractivity contribution in [1.82, 2.24) is 0 Å². The lowest BCUT2D eigenvalue weighted by atomic mass is 10.0. The van der Waals surface area contributed by atoms with Gasteiger partial charge in [-0.15, -0.1) is 0 Å². The number of rotatable bonds is 5. The number of hydrogen-bond donors (Lipinski definition) is 2. The van der Waals surface area contributed by atoms with Crippen LogP contribution in [0.5, 0.6) is 0 Å². The van der Waals surface area contributed by atoms with Crippen LogP contribution in [0, 0.1) is 5.92 Å². The summed E-state index contributed by atoms with van der Waals surface area (Å²) in [6, 6.07) is 0. The highest BCUT2D eigenvalue weighted by Gasteiger charge is 2.13. The second-order valence-corrected chi connectivity index (χ2v) is 2.76. The molecule has 0 heterocycles. The van der Waals surface area contributed by atoms with Gasteiger partial charge >= 0.3 is 5.97 Å². The fourth-order valence-corrected chi connectivity index (χ4v) is 0.899. The Labute approximate surface area is 72.5 Å². The Morgan fingerprint density at radius 2 is 2.25 bits per heavy atom. The maximum absolute atomic E-state index is 10.5. The highest BCUT2D eigenvalue weighted by atomic mass is 16.4. The molecular weight excluding hydrogens is 156 g/mol. The van der Waals surface area contributed by atoms with Crippen LogP contribution in [-0.4, -0.2) is 23.5 Å². The molecule has 12 heavy (non-hydrogen) atoms. The molecule has 0 aromatic rings. The van der Waals surface area contributed by atoms with Crippen LogP contribution >= 0.6 is 0 Å². The van der Waals surface area contributed by atoms with Crippen LogP contribution in [0.4, 0.5) is 0 Å². The molecule has 3 N–H and O–H groups in total. The van der Waals surface area contributed by atoms with E-state index >= 15 is 0 Å². The molecule has 0 aliphatic heterocycles. The number of carboxylic acids is 1. The van der Waals surface area contributed by atoms with E-state index in [2.05, 4.69) is 4.99 Å². The van der Waals surface area contributed by atoms with Crippen LogP contribution in [-0.2, 0) is 4.79 Å². The Kier molecular flexibility index (Phi) is 5.08. The van der Waals surface area contributed by atoms with Gasteiger partial charge in [-0.3, -0.25) is 9.79 Å². The smallest absolute Gasteiger partial charge is 0.306 e. The Balaban J connectivity index is 3.74. The topological polar surface area (TPSA) is 75.7 Å². The Bertz CT molecular complexity index is 174. The van der Waals surface area contributed by atoms with Crippen LogP contribution in [0.3, 0.4) is 0 Å². The lowest BCUT2D eigenvalue weighted by molar-refractivity contribution is -0.141. The molecule has 0 saturated heterocycles. The van der Waals surface area contributed by atoms with Gasteiger partial charge in [0.1, 0.15) is 0 Å². The second kappa shape index (κ2) is 5.57. The molecule has 70 valence electrons. The summed E-state index contributed by atoms with van der Waals surface area (Å²) in [4.78, 5) is 14.5. The molecule has 0 spiro atoms. The number of hydrogen-bond acceptors (Lipinski definition) is 2. The Morgan fingerprint density at radius 1 is 1.67 bits per heavy atom. The molecule has 0 rings (SSSR count). The summed E-state index contributed by atoms with van der Waals surface area (Å²) in [6.07, 6.45) is 1.22.